The molecule has 26 heavy (non-hydrogen) atoms. The molecule has 7 nitrogen and oxygen atoms in total. The van der Waals surface area contributed by atoms with Crippen molar-refractivity contribution in [2.75, 3.05) is 4.90 Å². The zero-order valence-corrected chi connectivity index (χ0v) is 16.0. The molecule has 0 bridgehead atoms. The second-order valence-electron chi connectivity index (χ2n) is 8.79. The molecule has 1 aromatic heterocycles. The van der Waals surface area contributed by atoms with Gasteiger partial charge in [-0.05, 0) is 39.0 Å². The minimum absolute atomic E-state index is 0.0306. The monoisotopic (exact) mass is 358 g/mol. The Morgan fingerprint density at radius 3 is 2.46 bits per heavy atom. The Morgan fingerprint density at radius 2 is 1.85 bits per heavy atom. The number of aromatic nitrogens is 2. The number of hydrogen-bond acceptors (Lipinski definition) is 4. The summed E-state index contributed by atoms with van der Waals surface area (Å²) in [4.78, 5) is 38.7. The van der Waals surface area contributed by atoms with Crippen molar-refractivity contribution in [3.8, 4) is 0 Å². The third-order valence-electron chi connectivity index (χ3n) is 6.75. The smallest absolute Gasteiger partial charge is 0.323 e. The number of nitrogens with zero attached hydrogens (tertiary/aromatic N) is 3. The van der Waals surface area contributed by atoms with E-state index in [1.807, 2.05) is 6.92 Å². The summed E-state index contributed by atoms with van der Waals surface area (Å²) < 4.78 is 1.66. The summed E-state index contributed by atoms with van der Waals surface area (Å²) in [6, 6.07) is -0.398. The van der Waals surface area contributed by atoms with Crippen LogP contribution >= 0.6 is 0 Å². The molecule has 7 heteroatoms. The van der Waals surface area contributed by atoms with Crippen molar-refractivity contribution in [1.29, 1.82) is 0 Å². The second kappa shape index (κ2) is 5.18. The van der Waals surface area contributed by atoms with Crippen molar-refractivity contribution in [1.82, 2.24) is 15.1 Å². The maximum Gasteiger partial charge on any atom is 0.330 e. The van der Waals surface area contributed by atoms with Crippen molar-refractivity contribution >= 4 is 23.5 Å². The number of rotatable bonds is 1. The number of anilines is 1. The maximum absolute atomic E-state index is 12.8. The topological polar surface area (TPSA) is 84.3 Å². The SMILES string of the molecule is C[C@@H]1C(=O)CC[C@]2(C)c3nn(C)c(N4C(=O)NC(C)(C)C4=O)c3CC[C@@H]12. The molecular formula is C19H26N4O3. The summed E-state index contributed by atoms with van der Waals surface area (Å²) in [6.07, 6.45) is 2.95. The third kappa shape index (κ3) is 2.06. The summed E-state index contributed by atoms with van der Waals surface area (Å²) in [5.74, 6) is 0.953. The number of hydrogen-bond donors (Lipinski definition) is 1. The first-order chi connectivity index (χ1) is 12.1. The van der Waals surface area contributed by atoms with Gasteiger partial charge in [-0.2, -0.15) is 5.10 Å². The molecule has 3 atom stereocenters. The van der Waals surface area contributed by atoms with Crippen molar-refractivity contribution in [3.05, 3.63) is 11.3 Å². The molecule has 0 spiro atoms. The average molecular weight is 358 g/mol. The molecule has 4 rings (SSSR count). The van der Waals surface area contributed by atoms with E-state index in [2.05, 4.69) is 12.2 Å². The second-order valence-corrected chi connectivity index (χ2v) is 8.79. The molecule has 2 aliphatic carbocycles. The number of fused-ring (bicyclic) bond motifs is 3. The van der Waals surface area contributed by atoms with E-state index >= 15 is 0 Å². The summed E-state index contributed by atoms with van der Waals surface area (Å²) in [6.45, 7) is 7.63. The van der Waals surface area contributed by atoms with E-state index in [0.29, 0.717) is 18.0 Å². The fourth-order valence-corrected chi connectivity index (χ4v) is 5.20. The van der Waals surface area contributed by atoms with Gasteiger partial charge in [-0.25, -0.2) is 9.69 Å². The lowest BCUT2D eigenvalue weighted by atomic mass is 9.56. The minimum Gasteiger partial charge on any atom is -0.323 e. The molecule has 0 unspecified atom stereocenters. The van der Waals surface area contributed by atoms with Gasteiger partial charge in [0.15, 0.2) is 0 Å². The van der Waals surface area contributed by atoms with Gasteiger partial charge in [0.2, 0.25) is 0 Å². The van der Waals surface area contributed by atoms with Gasteiger partial charge in [0.05, 0.1) is 5.69 Å². The zero-order valence-electron chi connectivity index (χ0n) is 16.0. The molecule has 1 aliphatic heterocycles. The van der Waals surface area contributed by atoms with E-state index in [9.17, 15) is 14.4 Å². The Balaban J connectivity index is 1.83. The largest absolute Gasteiger partial charge is 0.330 e. The van der Waals surface area contributed by atoms with E-state index in [1.165, 1.54) is 4.90 Å². The molecule has 0 aromatic carbocycles. The minimum atomic E-state index is -0.916. The number of amides is 3. The number of carbonyl (C=O) groups is 3. The molecule has 1 N–H and O–H groups in total. The van der Waals surface area contributed by atoms with Gasteiger partial charge < -0.3 is 5.32 Å². The summed E-state index contributed by atoms with van der Waals surface area (Å²) in [5.41, 5.74) is 0.831. The van der Waals surface area contributed by atoms with Crippen molar-refractivity contribution in [2.45, 2.75) is 64.3 Å². The van der Waals surface area contributed by atoms with E-state index in [0.717, 1.165) is 30.5 Å². The highest BCUT2D eigenvalue weighted by molar-refractivity contribution is 6.23. The van der Waals surface area contributed by atoms with E-state index < -0.39 is 11.6 Å². The number of Topliss-reactive ketones (excluding diaryl/α,β-unsaturated/α-hetero) is 1. The van der Waals surface area contributed by atoms with Gasteiger partial charge in [-0.3, -0.25) is 14.3 Å². The predicted molar refractivity (Wildman–Crippen MR) is 95.9 cm³/mol. The molecular weight excluding hydrogens is 332 g/mol. The average Bonchev–Trinajstić information content (AvgIpc) is 2.98. The van der Waals surface area contributed by atoms with Gasteiger partial charge >= 0.3 is 6.03 Å². The Kier molecular flexibility index (Phi) is 3.43. The highest BCUT2D eigenvalue weighted by Gasteiger charge is 2.53. The van der Waals surface area contributed by atoms with E-state index in [-0.39, 0.29) is 23.2 Å². The zero-order chi connectivity index (χ0) is 19.0. The van der Waals surface area contributed by atoms with Crippen molar-refractivity contribution in [3.63, 3.8) is 0 Å². The number of nitrogens with one attached hydrogen (secondary N) is 1. The lowest BCUT2D eigenvalue weighted by Crippen LogP contribution is -2.47. The molecule has 3 amide bonds. The number of imide groups is 1. The van der Waals surface area contributed by atoms with E-state index in [4.69, 9.17) is 5.10 Å². The Hall–Kier alpha value is -2.18. The van der Waals surface area contributed by atoms with Gasteiger partial charge in [0.25, 0.3) is 5.91 Å². The van der Waals surface area contributed by atoms with Crippen molar-refractivity contribution < 1.29 is 14.4 Å². The first-order valence-electron chi connectivity index (χ1n) is 9.33. The van der Waals surface area contributed by atoms with Gasteiger partial charge in [-0.1, -0.05) is 13.8 Å². The van der Waals surface area contributed by atoms with Crippen LogP contribution in [0.15, 0.2) is 0 Å². The van der Waals surface area contributed by atoms with Crippen molar-refractivity contribution in [2.24, 2.45) is 18.9 Å². The Labute approximate surface area is 153 Å². The third-order valence-corrected chi connectivity index (χ3v) is 6.75. The summed E-state index contributed by atoms with van der Waals surface area (Å²) >= 11 is 0. The van der Waals surface area contributed by atoms with Gasteiger partial charge in [-0.15, -0.1) is 0 Å². The standard InChI is InChI=1S/C19H26N4O3/c1-10-12-7-6-11-14(19(12,4)9-8-13(10)24)21-22(5)15(11)23-16(25)18(2,3)20-17(23)26/h10,12H,6-9H2,1-5H3,(H,20,26)/t10-,12-,19-/m0/s1. The van der Waals surface area contributed by atoms with Crippen LogP contribution in [0.4, 0.5) is 10.6 Å². The summed E-state index contributed by atoms with van der Waals surface area (Å²) in [7, 11) is 1.79. The van der Waals surface area contributed by atoms with Crippen LogP contribution in [0.3, 0.4) is 0 Å². The maximum atomic E-state index is 12.8. The first kappa shape index (κ1) is 17.2. The van der Waals surface area contributed by atoms with Gasteiger partial charge in [0, 0.05) is 30.4 Å². The fraction of sp³-hybridized carbons (Fsp3) is 0.684. The molecule has 1 saturated carbocycles. The van der Waals surface area contributed by atoms with Crippen LogP contribution < -0.4 is 10.2 Å². The fourth-order valence-electron chi connectivity index (χ4n) is 5.20. The van der Waals surface area contributed by atoms with Crippen LogP contribution in [0, 0.1) is 11.8 Å². The molecule has 0 radical (unpaired) electrons. The number of aryl methyl sites for hydroxylation is 1. The van der Waals surface area contributed by atoms with Crippen LogP contribution in [-0.2, 0) is 28.5 Å². The number of ketones is 1. The summed E-state index contributed by atoms with van der Waals surface area (Å²) in [5, 5.41) is 7.51. The molecule has 1 aromatic rings. The highest BCUT2D eigenvalue weighted by Crippen LogP contribution is 2.52. The normalized spacial score (nSPS) is 33.1. The van der Waals surface area contributed by atoms with Gasteiger partial charge in [0.1, 0.15) is 17.1 Å². The van der Waals surface area contributed by atoms with Crippen LogP contribution in [0.1, 0.15) is 58.2 Å². The van der Waals surface area contributed by atoms with Crippen LogP contribution in [0.2, 0.25) is 0 Å². The first-order valence-corrected chi connectivity index (χ1v) is 9.33. The van der Waals surface area contributed by atoms with Crippen LogP contribution in [0.5, 0.6) is 0 Å². The molecule has 1 saturated heterocycles. The van der Waals surface area contributed by atoms with Crippen LogP contribution in [-0.4, -0.2) is 33.0 Å². The molecule has 140 valence electrons. The van der Waals surface area contributed by atoms with Crippen LogP contribution in [0.25, 0.3) is 0 Å². The molecule has 3 aliphatic rings. The quantitative estimate of drug-likeness (QED) is 0.779. The number of carbonyl (C=O) groups excluding carboxylic acids is 3. The molecule has 2 heterocycles. The van der Waals surface area contributed by atoms with E-state index in [1.54, 1.807) is 25.6 Å². The Bertz CT molecular complexity index is 840. The lowest BCUT2D eigenvalue weighted by Gasteiger charge is -2.46. The number of urea groups is 1. The predicted octanol–water partition coefficient (Wildman–Crippen LogP) is 2.07. The lowest BCUT2D eigenvalue weighted by molar-refractivity contribution is -0.128. The molecule has 2 fully saturated rings. The Morgan fingerprint density at radius 1 is 1.15 bits per heavy atom. The highest BCUT2D eigenvalue weighted by atomic mass is 16.2.